The molecular formula is C13H16N4S. The second kappa shape index (κ2) is 3.63. The van der Waals surface area contributed by atoms with E-state index in [4.69, 9.17) is 18.0 Å². The van der Waals surface area contributed by atoms with E-state index < -0.39 is 0 Å². The average Bonchev–Trinajstić information content (AvgIpc) is 2.78. The Morgan fingerprint density at radius 3 is 2.50 bits per heavy atom. The first kappa shape index (κ1) is 10.7. The van der Waals surface area contributed by atoms with E-state index in [1.165, 1.54) is 19.3 Å². The van der Waals surface area contributed by atoms with E-state index in [1.54, 1.807) is 12.4 Å². The molecule has 1 heterocycles. The molecule has 18 heavy (non-hydrogen) atoms. The van der Waals surface area contributed by atoms with Gasteiger partial charge in [0.05, 0.1) is 12.4 Å². The highest BCUT2D eigenvalue weighted by Gasteiger charge is 2.65. The van der Waals surface area contributed by atoms with Crippen molar-refractivity contribution in [2.24, 2.45) is 29.4 Å². The van der Waals surface area contributed by atoms with Crippen LogP contribution < -0.4 is 11.1 Å². The third kappa shape index (κ3) is 1.46. The maximum Gasteiger partial charge on any atom is 0.144 e. The molecule has 5 heteroatoms. The highest BCUT2D eigenvalue weighted by molar-refractivity contribution is 7.80. The van der Waals surface area contributed by atoms with Gasteiger partial charge in [0.15, 0.2) is 0 Å². The summed E-state index contributed by atoms with van der Waals surface area (Å²) < 4.78 is 0. The smallest absolute Gasteiger partial charge is 0.144 e. The summed E-state index contributed by atoms with van der Waals surface area (Å²) in [7, 11) is 0. The van der Waals surface area contributed by atoms with Crippen molar-refractivity contribution >= 4 is 23.0 Å². The number of hydrogen-bond acceptors (Lipinski definition) is 4. The summed E-state index contributed by atoms with van der Waals surface area (Å²) in [5, 5.41) is 3.53. The number of thiocarbonyl (C=S) groups is 1. The zero-order valence-electron chi connectivity index (χ0n) is 10.0. The average molecular weight is 260 g/mol. The van der Waals surface area contributed by atoms with E-state index >= 15 is 0 Å². The highest BCUT2D eigenvalue weighted by Crippen LogP contribution is 2.66. The lowest BCUT2D eigenvalue weighted by molar-refractivity contribution is 0.456. The van der Waals surface area contributed by atoms with Crippen molar-refractivity contribution in [1.82, 2.24) is 9.97 Å². The minimum absolute atomic E-state index is 0.301. The minimum Gasteiger partial charge on any atom is -0.388 e. The molecule has 3 saturated carbocycles. The third-order valence-electron chi connectivity index (χ3n) is 4.95. The number of aromatic nitrogens is 2. The maximum atomic E-state index is 5.51. The van der Waals surface area contributed by atoms with Gasteiger partial charge in [-0.2, -0.15) is 0 Å². The molecule has 0 aromatic carbocycles. The molecule has 0 amide bonds. The van der Waals surface area contributed by atoms with Gasteiger partial charge in [0.2, 0.25) is 0 Å². The minimum atomic E-state index is 0.301. The number of fused-ring (bicyclic) bond motifs is 5. The first-order valence-electron chi connectivity index (χ1n) is 6.62. The summed E-state index contributed by atoms with van der Waals surface area (Å²) >= 11 is 4.86. The van der Waals surface area contributed by atoms with Crippen LogP contribution in [0.4, 0.5) is 5.82 Å². The van der Waals surface area contributed by atoms with Gasteiger partial charge in [-0.15, -0.1) is 0 Å². The van der Waals surface area contributed by atoms with Crippen molar-refractivity contribution in [1.29, 1.82) is 0 Å². The van der Waals surface area contributed by atoms with Crippen molar-refractivity contribution in [3.8, 4) is 0 Å². The van der Waals surface area contributed by atoms with Crippen molar-refractivity contribution in [2.45, 2.75) is 25.3 Å². The van der Waals surface area contributed by atoms with Crippen LogP contribution in [0, 0.1) is 23.7 Å². The number of nitrogens with two attached hydrogens (primary N) is 1. The molecule has 2 bridgehead atoms. The zero-order chi connectivity index (χ0) is 12.3. The summed E-state index contributed by atoms with van der Waals surface area (Å²) in [6.07, 6.45) is 7.74. The Balaban J connectivity index is 1.46. The predicted octanol–water partition coefficient (Wildman–Crippen LogP) is 1.57. The van der Waals surface area contributed by atoms with Gasteiger partial charge >= 0.3 is 0 Å². The molecule has 4 rings (SSSR count). The molecule has 0 saturated heterocycles. The van der Waals surface area contributed by atoms with Gasteiger partial charge < -0.3 is 11.1 Å². The van der Waals surface area contributed by atoms with Crippen molar-refractivity contribution in [3.05, 3.63) is 18.1 Å². The molecule has 1 aromatic rings. The number of rotatable bonds is 3. The maximum absolute atomic E-state index is 5.51. The van der Waals surface area contributed by atoms with E-state index in [2.05, 4.69) is 15.3 Å². The lowest BCUT2D eigenvalue weighted by Gasteiger charge is -2.10. The lowest BCUT2D eigenvalue weighted by atomic mass is 10.0. The van der Waals surface area contributed by atoms with Crippen molar-refractivity contribution in [2.75, 3.05) is 5.32 Å². The SMILES string of the molecule is NC(=S)c1cnc(NC2C3C4CCC(C4)C23)cn1. The standard InChI is InChI=1S/C13H16N4S/c14-13(18)8-4-16-9(5-15-8)17-12-10-6-1-2-7(3-6)11(10)12/h4-7,10-12H,1-3H2,(H2,14,18)(H,16,17). The normalized spacial score (nSPS) is 39.4. The number of nitrogens with zero attached hydrogens (tertiary/aromatic N) is 2. The Bertz CT molecular complexity index is 484. The summed E-state index contributed by atoms with van der Waals surface area (Å²) in [5.74, 6) is 4.61. The van der Waals surface area contributed by atoms with Gasteiger partial charge in [-0.3, -0.25) is 0 Å². The predicted molar refractivity (Wildman–Crippen MR) is 73.1 cm³/mol. The van der Waals surface area contributed by atoms with Crippen LogP contribution in [0.5, 0.6) is 0 Å². The lowest BCUT2D eigenvalue weighted by Crippen LogP contribution is -2.15. The van der Waals surface area contributed by atoms with Crippen LogP contribution >= 0.6 is 12.2 Å². The second-order valence-electron chi connectivity index (χ2n) is 5.81. The molecule has 4 atom stereocenters. The van der Waals surface area contributed by atoms with Gasteiger partial charge in [0.25, 0.3) is 0 Å². The molecular weight excluding hydrogens is 244 g/mol. The van der Waals surface area contributed by atoms with Gasteiger partial charge in [-0.1, -0.05) is 12.2 Å². The van der Waals surface area contributed by atoms with E-state index in [-0.39, 0.29) is 0 Å². The van der Waals surface area contributed by atoms with Crippen LogP contribution in [0.15, 0.2) is 12.4 Å². The summed E-state index contributed by atoms with van der Waals surface area (Å²) in [4.78, 5) is 8.85. The molecule has 3 fully saturated rings. The number of nitrogens with one attached hydrogen (secondary N) is 1. The van der Waals surface area contributed by atoms with Crippen LogP contribution in [-0.2, 0) is 0 Å². The summed E-state index contributed by atoms with van der Waals surface area (Å²) in [6.45, 7) is 0. The van der Waals surface area contributed by atoms with Gasteiger partial charge in [0.1, 0.15) is 16.5 Å². The van der Waals surface area contributed by atoms with E-state index in [0.29, 0.717) is 16.7 Å². The van der Waals surface area contributed by atoms with E-state index in [1.807, 2.05) is 0 Å². The summed E-state index contributed by atoms with van der Waals surface area (Å²) in [5.41, 5.74) is 6.09. The number of hydrogen-bond donors (Lipinski definition) is 2. The monoisotopic (exact) mass is 260 g/mol. The molecule has 1 aromatic heterocycles. The molecule has 3 aliphatic carbocycles. The Kier molecular flexibility index (Phi) is 2.15. The molecule has 3 N–H and O–H groups in total. The first-order chi connectivity index (χ1) is 8.74. The van der Waals surface area contributed by atoms with Crippen molar-refractivity contribution < 1.29 is 0 Å². The van der Waals surface area contributed by atoms with E-state index in [0.717, 1.165) is 29.5 Å². The topological polar surface area (TPSA) is 63.8 Å². The Morgan fingerprint density at radius 1 is 1.22 bits per heavy atom. The largest absolute Gasteiger partial charge is 0.388 e. The Labute approximate surface area is 111 Å². The molecule has 0 radical (unpaired) electrons. The Hall–Kier alpha value is -1.23. The molecule has 4 unspecified atom stereocenters. The van der Waals surface area contributed by atoms with Gasteiger partial charge in [-0.05, 0) is 42.9 Å². The quantitative estimate of drug-likeness (QED) is 0.808. The van der Waals surface area contributed by atoms with Gasteiger partial charge in [0, 0.05) is 6.04 Å². The molecule has 0 spiro atoms. The third-order valence-corrected chi connectivity index (χ3v) is 5.16. The van der Waals surface area contributed by atoms with Crippen LogP contribution in [0.1, 0.15) is 25.0 Å². The Morgan fingerprint density at radius 2 is 1.94 bits per heavy atom. The van der Waals surface area contributed by atoms with Crippen LogP contribution in [0.2, 0.25) is 0 Å². The highest BCUT2D eigenvalue weighted by atomic mass is 32.1. The van der Waals surface area contributed by atoms with Gasteiger partial charge in [-0.25, -0.2) is 9.97 Å². The second-order valence-corrected chi connectivity index (χ2v) is 6.25. The number of anilines is 1. The fourth-order valence-electron chi connectivity index (χ4n) is 4.22. The van der Waals surface area contributed by atoms with Crippen LogP contribution in [0.3, 0.4) is 0 Å². The summed E-state index contributed by atoms with van der Waals surface area (Å²) in [6, 6.07) is 0.640. The zero-order valence-corrected chi connectivity index (χ0v) is 10.9. The van der Waals surface area contributed by atoms with Crippen LogP contribution in [-0.4, -0.2) is 21.0 Å². The fraction of sp³-hybridized carbons (Fsp3) is 0.615. The van der Waals surface area contributed by atoms with E-state index in [9.17, 15) is 0 Å². The fourth-order valence-corrected chi connectivity index (χ4v) is 4.32. The molecule has 94 valence electrons. The molecule has 3 aliphatic rings. The van der Waals surface area contributed by atoms with Crippen LogP contribution in [0.25, 0.3) is 0 Å². The molecule has 4 nitrogen and oxygen atoms in total. The van der Waals surface area contributed by atoms with Crippen molar-refractivity contribution in [3.63, 3.8) is 0 Å². The first-order valence-corrected chi connectivity index (χ1v) is 7.03. The molecule has 0 aliphatic heterocycles.